The van der Waals surface area contributed by atoms with Crippen molar-refractivity contribution in [3.05, 3.63) is 65.7 Å². The lowest BCUT2D eigenvalue weighted by molar-refractivity contribution is 0.119. The van der Waals surface area contributed by atoms with E-state index in [4.69, 9.17) is 4.74 Å². The highest BCUT2D eigenvalue weighted by Crippen LogP contribution is 2.32. The molecule has 0 bridgehead atoms. The van der Waals surface area contributed by atoms with E-state index in [1.165, 1.54) is 5.56 Å². The third-order valence-electron chi connectivity index (χ3n) is 4.42. The van der Waals surface area contributed by atoms with Gasteiger partial charge in [-0.05, 0) is 36.3 Å². The summed E-state index contributed by atoms with van der Waals surface area (Å²) in [4.78, 5) is 2.35. The third kappa shape index (κ3) is 4.57. The zero-order valence-electron chi connectivity index (χ0n) is 14.3. The van der Waals surface area contributed by atoms with Gasteiger partial charge < -0.3 is 14.7 Å². The molecule has 2 atom stereocenters. The van der Waals surface area contributed by atoms with E-state index in [-0.39, 0.29) is 5.92 Å². The Morgan fingerprint density at radius 3 is 2.04 bits per heavy atom. The van der Waals surface area contributed by atoms with Crippen molar-refractivity contribution < 1.29 is 9.84 Å². The second kappa shape index (κ2) is 8.70. The minimum absolute atomic E-state index is 0.0458. The van der Waals surface area contributed by atoms with Gasteiger partial charge >= 0.3 is 0 Å². The average Bonchev–Trinajstić information content (AvgIpc) is 2.63. The smallest absolute Gasteiger partial charge is 0.118 e. The molecule has 0 spiro atoms. The van der Waals surface area contributed by atoms with Gasteiger partial charge in [0, 0.05) is 12.5 Å². The van der Waals surface area contributed by atoms with E-state index in [1.54, 1.807) is 7.11 Å². The Morgan fingerprint density at radius 2 is 1.52 bits per heavy atom. The Labute approximate surface area is 139 Å². The Hall–Kier alpha value is -1.84. The zero-order valence-corrected chi connectivity index (χ0v) is 14.3. The van der Waals surface area contributed by atoms with Crippen LogP contribution in [0.5, 0.6) is 5.75 Å². The fourth-order valence-electron chi connectivity index (χ4n) is 2.88. The molecule has 0 heterocycles. The van der Waals surface area contributed by atoms with Crippen LogP contribution in [0.2, 0.25) is 0 Å². The lowest BCUT2D eigenvalue weighted by Crippen LogP contribution is -2.31. The van der Waals surface area contributed by atoms with Gasteiger partial charge in [0.2, 0.25) is 0 Å². The topological polar surface area (TPSA) is 32.7 Å². The summed E-state index contributed by atoms with van der Waals surface area (Å²) in [5, 5.41) is 11.0. The molecule has 124 valence electrons. The second-order valence-corrected chi connectivity index (χ2v) is 5.72. The van der Waals surface area contributed by atoms with Crippen LogP contribution in [0.25, 0.3) is 0 Å². The highest BCUT2D eigenvalue weighted by Gasteiger charge is 2.24. The molecule has 0 amide bonds. The fraction of sp³-hybridized carbons (Fsp3) is 0.400. The van der Waals surface area contributed by atoms with E-state index >= 15 is 0 Å². The molecule has 1 N–H and O–H groups in total. The number of aliphatic hydroxyl groups is 1. The number of likely N-dealkylation sites (N-methyl/N-ethyl adjacent to an activating group) is 1. The number of rotatable bonds is 8. The van der Waals surface area contributed by atoms with Crippen molar-refractivity contribution in [3.8, 4) is 5.75 Å². The van der Waals surface area contributed by atoms with Gasteiger partial charge in [-0.25, -0.2) is 0 Å². The van der Waals surface area contributed by atoms with Crippen LogP contribution in [0, 0.1) is 0 Å². The van der Waals surface area contributed by atoms with E-state index in [9.17, 15) is 5.11 Å². The van der Waals surface area contributed by atoms with Gasteiger partial charge in [-0.15, -0.1) is 0 Å². The largest absolute Gasteiger partial charge is 0.497 e. The molecule has 2 aromatic carbocycles. The standard InChI is InChI=1S/C20H27NO2/c1-4-21(5-2)15-19(16-9-7-6-8-10-16)20(22)17-11-13-18(23-3)14-12-17/h6-14,19-20,22H,4-5,15H2,1-3H3/t19-,20-/m1/s1. The molecular formula is C20H27NO2. The summed E-state index contributed by atoms with van der Waals surface area (Å²) in [5.74, 6) is 0.852. The van der Waals surface area contributed by atoms with Gasteiger partial charge in [0.15, 0.2) is 0 Å². The quantitative estimate of drug-likeness (QED) is 0.803. The first-order valence-corrected chi connectivity index (χ1v) is 8.28. The van der Waals surface area contributed by atoms with Crippen LogP contribution in [0.3, 0.4) is 0 Å². The zero-order chi connectivity index (χ0) is 16.7. The van der Waals surface area contributed by atoms with Crippen LogP contribution < -0.4 is 4.74 Å². The monoisotopic (exact) mass is 313 g/mol. The molecule has 0 fully saturated rings. The minimum Gasteiger partial charge on any atom is -0.497 e. The average molecular weight is 313 g/mol. The van der Waals surface area contributed by atoms with E-state index < -0.39 is 6.10 Å². The second-order valence-electron chi connectivity index (χ2n) is 5.72. The number of hydrogen-bond donors (Lipinski definition) is 1. The number of nitrogens with zero attached hydrogens (tertiary/aromatic N) is 1. The summed E-state index contributed by atoms with van der Waals surface area (Å²) in [6.45, 7) is 7.12. The number of aliphatic hydroxyl groups excluding tert-OH is 1. The summed E-state index contributed by atoms with van der Waals surface area (Å²) in [6, 6.07) is 18.0. The Morgan fingerprint density at radius 1 is 0.913 bits per heavy atom. The summed E-state index contributed by atoms with van der Waals surface area (Å²) in [7, 11) is 1.65. The lowest BCUT2D eigenvalue weighted by atomic mass is 9.88. The maximum Gasteiger partial charge on any atom is 0.118 e. The van der Waals surface area contributed by atoms with Gasteiger partial charge in [0.05, 0.1) is 13.2 Å². The van der Waals surface area contributed by atoms with Gasteiger partial charge in [-0.1, -0.05) is 56.3 Å². The van der Waals surface area contributed by atoms with Crippen molar-refractivity contribution in [2.24, 2.45) is 0 Å². The summed E-state index contributed by atoms with van der Waals surface area (Å²) in [5.41, 5.74) is 2.09. The SMILES string of the molecule is CCN(CC)C[C@H](c1ccccc1)[C@H](O)c1ccc(OC)cc1. The van der Waals surface area contributed by atoms with E-state index in [1.807, 2.05) is 42.5 Å². The molecule has 2 aromatic rings. The molecule has 0 unspecified atom stereocenters. The molecule has 3 nitrogen and oxygen atoms in total. The van der Waals surface area contributed by atoms with Gasteiger partial charge in [0.1, 0.15) is 5.75 Å². The van der Waals surface area contributed by atoms with Crippen molar-refractivity contribution in [3.63, 3.8) is 0 Å². The van der Waals surface area contributed by atoms with Crippen LogP contribution in [0.15, 0.2) is 54.6 Å². The molecule has 0 aliphatic carbocycles. The van der Waals surface area contributed by atoms with E-state index in [0.717, 1.165) is 30.9 Å². The molecule has 0 saturated heterocycles. The molecule has 0 saturated carbocycles. The number of benzene rings is 2. The minimum atomic E-state index is -0.538. The van der Waals surface area contributed by atoms with Crippen molar-refractivity contribution in [2.75, 3.05) is 26.7 Å². The molecular weight excluding hydrogens is 286 g/mol. The van der Waals surface area contributed by atoms with Crippen LogP contribution >= 0.6 is 0 Å². The van der Waals surface area contributed by atoms with Crippen LogP contribution in [-0.4, -0.2) is 36.8 Å². The maximum absolute atomic E-state index is 11.0. The van der Waals surface area contributed by atoms with Crippen LogP contribution in [0.1, 0.15) is 37.0 Å². The highest BCUT2D eigenvalue weighted by atomic mass is 16.5. The summed E-state index contributed by atoms with van der Waals surface area (Å²) < 4.78 is 5.20. The predicted molar refractivity (Wildman–Crippen MR) is 94.9 cm³/mol. The first-order valence-electron chi connectivity index (χ1n) is 8.28. The molecule has 0 aliphatic rings. The van der Waals surface area contributed by atoms with Gasteiger partial charge in [0.25, 0.3) is 0 Å². The van der Waals surface area contributed by atoms with Crippen molar-refractivity contribution in [2.45, 2.75) is 25.9 Å². The lowest BCUT2D eigenvalue weighted by Gasteiger charge is -2.29. The number of methoxy groups -OCH3 is 1. The number of ether oxygens (including phenoxy) is 1. The predicted octanol–water partition coefficient (Wildman–Crippen LogP) is 3.85. The molecule has 23 heavy (non-hydrogen) atoms. The molecule has 0 aromatic heterocycles. The third-order valence-corrected chi connectivity index (χ3v) is 4.42. The highest BCUT2D eigenvalue weighted by molar-refractivity contribution is 5.31. The Balaban J connectivity index is 2.27. The van der Waals surface area contributed by atoms with Gasteiger partial charge in [-0.2, -0.15) is 0 Å². The van der Waals surface area contributed by atoms with Crippen LogP contribution in [0.4, 0.5) is 0 Å². The van der Waals surface area contributed by atoms with Gasteiger partial charge in [-0.3, -0.25) is 0 Å². The van der Waals surface area contributed by atoms with E-state index in [2.05, 4.69) is 30.9 Å². The number of hydrogen-bond acceptors (Lipinski definition) is 3. The molecule has 0 radical (unpaired) electrons. The normalized spacial score (nSPS) is 13.8. The van der Waals surface area contributed by atoms with Crippen molar-refractivity contribution in [1.82, 2.24) is 4.90 Å². The van der Waals surface area contributed by atoms with Crippen molar-refractivity contribution >= 4 is 0 Å². The Bertz CT molecular complexity index is 564. The van der Waals surface area contributed by atoms with Crippen molar-refractivity contribution in [1.29, 1.82) is 0 Å². The summed E-state index contributed by atoms with van der Waals surface area (Å²) in [6.07, 6.45) is -0.538. The molecule has 2 rings (SSSR count). The molecule has 3 heteroatoms. The van der Waals surface area contributed by atoms with E-state index in [0.29, 0.717) is 0 Å². The first-order chi connectivity index (χ1) is 11.2. The molecule has 0 aliphatic heterocycles. The summed E-state index contributed by atoms with van der Waals surface area (Å²) >= 11 is 0. The Kier molecular flexibility index (Phi) is 6.63. The maximum atomic E-state index is 11.0. The first kappa shape index (κ1) is 17.5. The van der Waals surface area contributed by atoms with Crippen LogP contribution in [-0.2, 0) is 0 Å². The fourth-order valence-corrected chi connectivity index (χ4v) is 2.88.